The Morgan fingerprint density at radius 2 is 2.05 bits per heavy atom. The Labute approximate surface area is 120 Å². The van der Waals surface area contributed by atoms with Crippen LogP contribution >= 0.6 is 0 Å². The average Bonchev–Trinajstić information content (AvgIpc) is 2.41. The lowest BCUT2D eigenvalue weighted by atomic mass is 10.1. The SMILES string of the molecule is CCN1CCN(c2nnc(C)c(C)c2C(=N)N)CC1C. The standard InChI is InChI=1S/C14H24N6/c1-5-19-6-7-20(8-9(19)2)14-12(13(15)16)10(3)11(4)17-18-14/h9H,5-8H2,1-4H3,(H3,15,16). The van der Waals surface area contributed by atoms with Gasteiger partial charge in [0.1, 0.15) is 5.84 Å². The van der Waals surface area contributed by atoms with E-state index in [9.17, 15) is 0 Å². The predicted octanol–water partition coefficient (Wildman–Crippen LogP) is 0.908. The molecule has 0 saturated carbocycles. The number of hydrogen-bond donors (Lipinski definition) is 2. The average molecular weight is 276 g/mol. The molecule has 0 radical (unpaired) electrons. The number of nitrogens with zero attached hydrogens (tertiary/aromatic N) is 4. The number of amidine groups is 1. The van der Waals surface area contributed by atoms with Gasteiger partial charge in [-0.15, -0.1) is 5.10 Å². The van der Waals surface area contributed by atoms with Gasteiger partial charge in [0.05, 0.1) is 11.3 Å². The van der Waals surface area contributed by atoms with Crippen molar-refractivity contribution in [2.75, 3.05) is 31.1 Å². The molecular formula is C14H24N6. The lowest BCUT2D eigenvalue weighted by molar-refractivity contribution is 0.199. The lowest BCUT2D eigenvalue weighted by Crippen LogP contribution is -2.52. The molecule has 0 aromatic carbocycles. The van der Waals surface area contributed by atoms with Crippen LogP contribution in [0.5, 0.6) is 0 Å². The molecule has 6 nitrogen and oxygen atoms in total. The van der Waals surface area contributed by atoms with Crippen molar-refractivity contribution in [1.82, 2.24) is 15.1 Å². The Balaban J connectivity index is 2.34. The van der Waals surface area contributed by atoms with Crippen LogP contribution in [0.2, 0.25) is 0 Å². The second-order valence-corrected chi connectivity index (χ2v) is 5.45. The summed E-state index contributed by atoms with van der Waals surface area (Å²) in [6.07, 6.45) is 0. The summed E-state index contributed by atoms with van der Waals surface area (Å²) in [4.78, 5) is 4.64. The largest absolute Gasteiger partial charge is 0.384 e. The molecule has 0 aliphatic carbocycles. The molecular weight excluding hydrogens is 252 g/mol. The maximum atomic E-state index is 7.83. The minimum atomic E-state index is 0.0704. The molecule has 2 rings (SSSR count). The van der Waals surface area contributed by atoms with Gasteiger partial charge in [0, 0.05) is 25.7 Å². The van der Waals surface area contributed by atoms with Gasteiger partial charge in [0.15, 0.2) is 5.82 Å². The summed E-state index contributed by atoms with van der Waals surface area (Å²) in [6.45, 7) is 12.1. The molecule has 2 heterocycles. The van der Waals surface area contributed by atoms with E-state index in [1.807, 2.05) is 13.8 Å². The van der Waals surface area contributed by atoms with E-state index in [1.165, 1.54) is 0 Å². The summed E-state index contributed by atoms with van der Waals surface area (Å²) >= 11 is 0. The first-order chi connectivity index (χ1) is 9.45. The van der Waals surface area contributed by atoms with Gasteiger partial charge < -0.3 is 10.6 Å². The van der Waals surface area contributed by atoms with Gasteiger partial charge >= 0.3 is 0 Å². The highest BCUT2D eigenvalue weighted by Crippen LogP contribution is 2.24. The van der Waals surface area contributed by atoms with Crippen molar-refractivity contribution in [3.63, 3.8) is 0 Å². The van der Waals surface area contributed by atoms with Crippen molar-refractivity contribution in [3.8, 4) is 0 Å². The lowest BCUT2D eigenvalue weighted by Gasteiger charge is -2.40. The minimum Gasteiger partial charge on any atom is -0.384 e. The van der Waals surface area contributed by atoms with Crippen molar-refractivity contribution in [2.45, 2.75) is 33.7 Å². The van der Waals surface area contributed by atoms with Crippen LogP contribution in [0.1, 0.15) is 30.7 Å². The maximum absolute atomic E-state index is 7.83. The zero-order valence-electron chi connectivity index (χ0n) is 12.8. The number of nitrogens with two attached hydrogens (primary N) is 1. The summed E-state index contributed by atoms with van der Waals surface area (Å²) in [7, 11) is 0. The summed E-state index contributed by atoms with van der Waals surface area (Å²) in [5.41, 5.74) is 8.27. The molecule has 20 heavy (non-hydrogen) atoms. The van der Waals surface area contributed by atoms with Crippen LogP contribution in [-0.4, -0.2) is 53.2 Å². The Hall–Kier alpha value is -1.69. The molecule has 0 spiro atoms. The molecule has 1 saturated heterocycles. The van der Waals surface area contributed by atoms with Crippen LogP contribution in [0.4, 0.5) is 5.82 Å². The van der Waals surface area contributed by atoms with E-state index in [2.05, 4.69) is 33.8 Å². The smallest absolute Gasteiger partial charge is 0.162 e. The first-order valence-corrected chi connectivity index (χ1v) is 7.13. The molecule has 1 aromatic rings. The quantitative estimate of drug-likeness (QED) is 0.633. The fourth-order valence-electron chi connectivity index (χ4n) is 2.80. The molecule has 3 N–H and O–H groups in total. The predicted molar refractivity (Wildman–Crippen MR) is 81.4 cm³/mol. The van der Waals surface area contributed by atoms with Crippen LogP contribution in [0, 0.1) is 19.3 Å². The number of rotatable bonds is 3. The van der Waals surface area contributed by atoms with E-state index in [4.69, 9.17) is 11.1 Å². The van der Waals surface area contributed by atoms with Gasteiger partial charge in [-0.3, -0.25) is 10.3 Å². The number of aryl methyl sites for hydroxylation is 1. The molecule has 1 aliphatic heterocycles. The first kappa shape index (κ1) is 14.7. The summed E-state index contributed by atoms with van der Waals surface area (Å²) in [5.74, 6) is 0.823. The topological polar surface area (TPSA) is 82.1 Å². The molecule has 1 unspecified atom stereocenters. The van der Waals surface area contributed by atoms with Gasteiger partial charge in [-0.05, 0) is 32.9 Å². The number of hydrogen-bond acceptors (Lipinski definition) is 5. The van der Waals surface area contributed by atoms with E-state index in [-0.39, 0.29) is 5.84 Å². The van der Waals surface area contributed by atoms with E-state index in [0.29, 0.717) is 6.04 Å². The van der Waals surface area contributed by atoms with Crippen LogP contribution in [0.25, 0.3) is 0 Å². The van der Waals surface area contributed by atoms with E-state index < -0.39 is 0 Å². The zero-order chi connectivity index (χ0) is 14.9. The molecule has 1 atom stereocenters. The Kier molecular flexibility index (Phi) is 4.23. The highest BCUT2D eigenvalue weighted by Gasteiger charge is 2.26. The van der Waals surface area contributed by atoms with Gasteiger partial charge in [-0.1, -0.05) is 6.92 Å². The second-order valence-electron chi connectivity index (χ2n) is 5.45. The Morgan fingerprint density at radius 3 is 2.60 bits per heavy atom. The highest BCUT2D eigenvalue weighted by molar-refractivity contribution is 6.01. The summed E-state index contributed by atoms with van der Waals surface area (Å²) in [6, 6.07) is 0.469. The summed E-state index contributed by atoms with van der Waals surface area (Å²) in [5, 5.41) is 16.3. The van der Waals surface area contributed by atoms with Crippen LogP contribution in [0.3, 0.4) is 0 Å². The van der Waals surface area contributed by atoms with Crippen molar-refractivity contribution < 1.29 is 0 Å². The van der Waals surface area contributed by atoms with Gasteiger partial charge in [-0.2, -0.15) is 5.10 Å². The molecule has 0 bridgehead atoms. The van der Waals surface area contributed by atoms with E-state index in [0.717, 1.165) is 48.8 Å². The van der Waals surface area contributed by atoms with Crippen molar-refractivity contribution in [1.29, 1.82) is 5.41 Å². The number of aromatic nitrogens is 2. The normalized spacial score (nSPS) is 20.2. The minimum absolute atomic E-state index is 0.0704. The molecule has 6 heteroatoms. The number of nitrogen functional groups attached to an aromatic ring is 1. The fraction of sp³-hybridized carbons (Fsp3) is 0.643. The van der Waals surface area contributed by atoms with Crippen molar-refractivity contribution in [3.05, 3.63) is 16.8 Å². The number of likely N-dealkylation sites (N-methyl/N-ethyl adjacent to an activating group) is 1. The third-order valence-electron chi connectivity index (χ3n) is 4.18. The van der Waals surface area contributed by atoms with Crippen molar-refractivity contribution in [2.24, 2.45) is 5.73 Å². The first-order valence-electron chi connectivity index (χ1n) is 7.13. The third kappa shape index (κ3) is 2.60. The van der Waals surface area contributed by atoms with Crippen LogP contribution in [-0.2, 0) is 0 Å². The molecule has 1 aliphatic rings. The molecule has 0 amide bonds. The second kappa shape index (κ2) is 5.75. The van der Waals surface area contributed by atoms with E-state index in [1.54, 1.807) is 0 Å². The monoisotopic (exact) mass is 276 g/mol. The van der Waals surface area contributed by atoms with Gasteiger partial charge in [-0.25, -0.2) is 0 Å². The number of anilines is 1. The van der Waals surface area contributed by atoms with Crippen LogP contribution < -0.4 is 10.6 Å². The number of nitrogens with one attached hydrogen (secondary N) is 1. The fourth-order valence-corrected chi connectivity index (χ4v) is 2.80. The maximum Gasteiger partial charge on any atom is 0.162 e. The van der Waals surface area contributed by atoms with Crippen molar-refractivity contribution >= 4 is 11.7 Å². The summed E-state index contributed by atoms with van der Waals surface area (Å²) < 4.78 is 0. The zero-order valence-corrected chi connectivity index (χ0v) is 12.8. The Morgan fingerprint density at radius 1 is 1.35 bits per heavy atom. The molecule has 1 aromatic heterocycles. The number of piperazine rings is 1. The van der Waals surface area contributed by atoms with Gasteiger partial charge in [0.25, 0.3) is 0 Å². The molecule has 110 valence electrons. The highest BCUT2D eigenvalue weighted by atomic mass is 15.3. The van der Waals surface area contributed by atoms with E-state index >= 15 is 0 Å². The van der Waals surface area contributed by atoms with Gasteiger partial charge in [0.2, 0.25) is 0 Å². The third-order valence-corrected chi connectivity index (χ3v) is 4.18. The Bertz CT molecular complexity index is 513. The molecule has 1 fully saturated rings. The van der Waals surface area contributed by atoms with Crippen LogP contribution in [0.15, 0.2) is 0 Å².